The average molecular weight is 479 g/mol. The third kappa shape index (κ3) is 5.84. The number of nitrogens with one attached hydrogen (secondary N) is 2. The lowest BCUT2D eigenvalue weighted by Gasteiger charge is -2.29. The highest BCUT2D eigenvalue weighted by atomic mass is 16.5. The van der Waals surface area contributed by atoms with Crippen molar-refractivity contribution in [2.45, 2.75) is 69.9 Å². The number of aliphatic carboxylic acids is 1. The predicted octanol–water partition coefficient (Wildman–Crippen LogP) is 4.84. The minimum atomic E-state index is -0.989. The standard InChI is InChI=1S/C28H34N2O5/c1-2-3-12-25(27(32)33)30-26(31)18-13-15-19(16-14-18)29-28(34)35-17-24-22-10-6-4-8-20(22)21-9-5-7-11-23(21)24/h4-11,18-19,24-25H,2-3,12-17H2,1H3,(H,29,34)(H,30,31)(H,32,33). The van der Waals surface area contributed by atoms with E-state index in [9.17, 15) is 19.5 Å². The zero-order valence-electron chi connectivity index (χ0n) is 20.2. The molecule has 186 valence electrons. The summed E-state index contributed by atoms with van der Waals surface area (Å²) in [4.78, 5) is 36.5. The summed E-state index contributed by atoms with van der Waals surface area (Å²) in [5.74, 6) is -1.40. The molecule has 1 fully saturated rings. The Kier molecular flexibility index (Phi) is 8.06. The Morgan fingerprint density at radius 3 is 2.14 bits per heavy atom. The van der Waals surface area contributed by atoms with Gasteiger partial charge < -0.3 is 20.5 Å². The van der Waals surface area contributed by atoms with Gasteiger partial charge in [-0.25, -0.2) is 9.59 Å². The summed E-state index contributed by atoms with van der Waals surface area (Å²) in [6.07, 6.45) is 4.19. The second-order valence-corrected chi connectivity index (χ2v) is 9.56. The van der Waals surface area contributed by atoms with Crippen molar-refractivity contribution in [2.75, 3.05) is 6.61 Å². The smallest absolute Gasteiger partial charge is 0.407 e. The highest BCUT2D eigenvalue weighted by Gasteiger charge is 2.31. The Morgan fingerprint density at radius 1 is 0.971 bits per heavy atom. The van der Waals surface area contributed by atoms with Crippen molar-refractivity contribution in [3.8, 4) is 11.1 Å². The molecular formula is C28H34N2O5. The van der Waals surface area contributed by atoms with Gasteiger partial charge in [0, 0.05) is 17.9 Å². The Balaban J connectivity index is 1.24. The molecule has 0 bridgehead atoms. The minimum Gasteiger partial charge on any atom is -0.480 e. The van der Waals surface area contributed by atoms with Crippen molar-refractivity contribution in [1.29, 1.82) is 0 Å². The van der Waals surface area contributed by atoms with Gasteiger partial charge in [-0.2, -0.15) is 0 Å². The van der Waals surface area contributed by atoms with Crippen molar-refractivity contribution < 1.29 is 24.2 Å². The van der Waals surface area contributed by atoms with Crippen LogP contribution in [0, 0.1) is 5.92 Å². The third-order valence-corrected chi connectivity index (χ3v) is 7.22. The average Bonchev–Trinajstić information content (AvgIpc) is 3.19. The Bertz CT molecular complexity index is 1020. The number of carbonyl (C=O) groups excluding carboxylic acids is 2. The maximum Gasteiger partial charge on any atom is 0.407 e. The van der Waals surface area contributed by atoms with Crippen LogP contribution in [0.2, 0.25) is 0 Å². The van der Waals surface area contributed by atoms with Gasteiger partial charge in [0.2, 0.25) is 5.91 Å². The van der Waals surface area contributed by atoms with E-state index in [1.807, 2.05) is 31.2 Å². The van der Waals surface area contributed by atoms with Crippen molar-refractivity contribution >= 4 is 18.0 Å². The SMILES string of the molecule is CCCCC(NC(=O)C1CCC(NC(=O)OCC2c3ccccc3-c3ccccc32)CC1)C(=O)O. The Morgan fingerprint density at radius 2 is 1.57 bits per heavy atom. The molecule has 2 aromatic carbocycles. The second-order valence-electron chi connectivity index (χ2n) is 9.56. The maximum absolute atomic E-state index is 12.6. The number of amides is 2. The third-order valence-electron chi connectivity index (χ3n) is 7.22. The van der Waals surface area contributed by atoms with Gasteiger partial charge in [0.25, 0.3) is 0 Å². The van der Waals surface area contributed by atoms with Crippen LogP contribution in [0.5, 0.6) is 0 Å². The minimum absolute atomic E-state index is 0.0162. The van der Waals surface area contributed by atoms with Crippen LogP contribution in [-0.4, -0.2) is 41.8 Å². The Hall–Kier alpha value is -3.35. The lowest BCUT2D eigenvalue weighted by atomic mass is 9.85. The van der Waals surface area contributed by atoms with E-state index in [0.717, 1.165) is 12.8 Å². The quantitative estimate of drug-likeness (QED) is 0.478. The van der Waals surface area contributed by atoms with Crippen LogP contribution in [0.3, 0.4) is 0 Å². The van der Waals surface area contributed by atoms with Gasteiger partial charge in [0.05, 0.1) is 0 Å². The van der Waals surface area contributed by atoms with E-state index >= 15 is 0 Å². The van der Waals surface area contributed by atoms with Crippen molar-refractivity contribution in [3.05, 3.63) is 59.7 Å². The van der Waals surface area contributed by atoms with Gasteiger partial charge in [-0.15, -0.1) is 0 Å². The monoisotopic (exact) mass is 478 g/mol. The van der Waals surface area contributed by atoms with Crippen LogP contribution in [0.1, 0.15) is 68.9 Å². The number of hydrogen-bond acceptors (Lipinski definition) is 4. The summed E-state index contributed by atoms with van der Waals surface area (Å²) in [5, 5.41) is 15.0. The van der Waals surface area contributed by atoms with E-state index in [1.165, 1.54) is 22.3 Å². The molecule has 2 aromatic rings. The normalized spacial score (nSPS) is 19.8. The van der Waals surface area contributed by atoms with E-state index < -0.39 is 18.1 Å². The van der Waals surface area contributed by atoms with E-state index in [-0.39, 0.29) is 30.4 Å². The topological polar surface area (TPSA) is 105 Å². The number of ether oxygens (including phenoxy) is 1. The first-order valence-corrected chi connectivity index (χ1v) is 12.6. The van der Waals surface area contributed by atoms with Crippen LogP contribution in [0.15, 0.2) is 48.5 Å². The Labute approximate surface area is 206 Å². The van der Waals surface area contributed by atoms with Crippen molar-refractivity contribution in [3.63, 3.8) is 0 Å². The first kappa shape index (κ1) is 24.8. The molecular weight excluding hydrogens is 444 g/mol. The molecule has 0 spiro atoms. The van der Waals surface area contributed by atoms with Gasteiger partial charge in [0.15, 0.2) is 0 Å². The van der Waals surface area contributed by atoms with Crippen LogP contribution >= 0.6 is 0 Å². The fourth-order valence-electron chi connectivity index (χ4n) is 5.26. The van der Waals surface area contributed by atoms with Gasteiger partial charge in [0.1, 0.15) is 12.6 Å². The number of carboxylic acid groups (broad SMARTS) is 1. The lowest BCUT2D eigenvalue weighted by Crippen LogP contribution is -2.46. The fourth-order valence-corrected chi connectivity index (χ4v) is 5.26. The molecule has 2 aliphatic rings. The highest BCUT2D eigenvalue weighted by Crippen LogP contribution is 2.44. The summed E-state index contributed by atoms with van der Waals surface area (Å²) in [7, 11) is 0. The molecule has 0 aliphatic heterocycles. The maximum atomic E-state index is 12.6. The predicted molar refractivity (Wildman–Crippen MR) is 133 cm³/mol. The van der Waals surface area contributed by atoms with Crippen molar-refractivity contribution in [1.82, 2.24) is 10.6 Å². The van der Waals surface area contributed by atoms with E-state index in [2.05, 4.69) is 34.9 Å². The summed E-state index contributed by atoms with van der Waals surface area (Å²) >= 11 is 0. The first-order chi connectivity index (χ1) is 17.0. The van der Waals surface area contributed by atoms with E-state index in [0.29, 0.717) is 32.1 Å². The highest BCUT2D eigenvalue weighted by molar-refractivity contribution is 5.85. The largest absolute Gasteiger partial charge is 0.480 e. The van der Waals surface area contributed by atoms with Crippen LogP contribution in [0.25, 0.3) is 11.1 Å². The molecule has 0 heterocycles. The summed E-state index contributed by atoms with van der Waals surface area (Å²) in [6.45, 7) is 2.26. The van der Waals surface area contributed by atoms with Crippen LogP contribution in [0.4, 0.5) is 4.79 Å². The molecule has 0 aromatic heterocycles. The summed E-state index contributed by atoms with van der Waals surface area (Å²) in [5.41, 5.74) is 4.72. The number of carbonyl (C=O) groups is 3. The second kappa shape index (κ2) is 11.4. The molecule has 4 rings (SSSR count). The number of alkyl carbamates (subject to hydrolysis) is 1. The number of unbranched alkanes of at least 4 members (excludes halogenated alkanes) is 1. The summed E-state index contributed by atoms with van der Waals surface area (Å²) in [6, 6.07) is 15.6. The number of hydrogen-bond donors (Lipinski definition) is 3. The lowest BCUT2D eigenvalue weighted by molar-refractivity contribution is -0.142. The summed E-state index contributed by atoms with van der Waals surface area (Å²) < 4.78 is 5.64. The number of fused-ring (bicyclic) bond motifs is 3. The zero-order valence-corrected chi connectivity index (χ0v) is 20.2. The first-order valence-electron chi connectivity index (χ1n) is 12.6. The van der Waals surface area contributed by atoms with Crippen molar-refractivity contribution in [2.24, 2.45) is 5.92 Å². The van der Waals surface area contributed by atoms with Crippen LogP contribution < -0.4 is 10.6 Å². The fraction of sp³-hybridized carbons (Fsp3) is 0.464. The molecule has 2 amide bonds. The molecule has 35 heavy (non-hydrogen) atoms. The van der Waals surface area contributed by atoms with E-state index in [4.69, 9.17) is 4.74 Å². The van der Waals surface area contributed by atoms with Gasteiger partial charge in [-0.3, -0.25) is 4.79 Å². The molecule has 0 saturated heterocycles. The zero-order chi connectivity index (χ0) is 24.8. The van der Waals surface area contributed by atoms with Gasteiger partial charge in [-0.1, -0.05) is 68.3 Å². The number of benzene rings is 2. The number of carboxylic acids is 1. The number of rotatable bonds is 9. The molecule has 1 unspecified atom stereocenters. The van der Waals surface area contributed by atoms with Gasteiger partial charge >= 0.3 is 12.1 Å². The molecule has 2 aliphatic carbocycles. The molecule has 7 heteroatoms. The molecule has 0 radical (unpaired) electrons. The van der Waals surface area contributed by atoms with E-state index in [1.54, 1.807) is 0 Å². The molecule has 1 atom stereocenters. The molecule has 7 nitrogen and oxygen atoms in total. The van der Waals surface area contributed by atoms with Gasteiger partial charge in [-0.05, 0) is 54.4 Å². The molecule has 1 saturated carbocycles. The van der Waals surface area contributed by atoms with Crippen LogP contribution in [-0.2, 0) is 14.3 Å². The molecule has 3 N–H and O–H groups in total.